The molecule has 98 valence electrons. The molecule has 1 aromatic rings. The Labute approximate surface area is 123 Å². The molecule has 0 aliphatic carbocycles. The maximum Gasteiger partial charge on any atom is 0.124 e. The number of hydrogen-bond acceptors (Lipinski definition) is 3. The molecule has 0 spiro atoms. The molecule has 1 heterocycles. The first-order valence-electron chi connectivity index (χ1n) is 5.38. The maximum absolute atomic E-state index is 9.28. The fraction of sp³-hybridized carbons (Fsp3) is 0.417. The van der Waals surface area contributed by atoms with Crippen LogP contribution in [0.25, 0.3) is 0 Å². The third-order valence-corrected chi connectivity index (χ3v) is 3.53. The molecule has 1 aromatic carbocycles. The lowest BCUT2D eigenvalue weighted by atomic mass is 10.1. The van der Waals surface area contributed by atoms with Gasteiger partial charge in [0.1, 0.15) is 6.04 Å². The lowest BCUT2D eigenvalue weighted by molar-refractivity contribution is 0.0266. The van der Waals surface area contributed by atoms with Gasteiger partial charge in [-0.05, 0) is 17.7 Å². The predicted molar refractivity (Wildman–Crippen MR) is 74.5 cm³/mol. The number of morpholine rings is 1. The van der Waals surface area contributed by atoms with E-state index in [0.717, 1.165) is 18.7 Å². The summed E-state index contributed by atoms with van der Waals surface area (Å²) < 4.78 is 5.27. The van der Waals surface area contributed by atoms with Crippen molar-refractivity contribution in [3.8, 4) is 6.07 Å². The van der Waals surface area contributed by atoms with Crippen molar-refractivity contribution in [3.63, 3.8) is 0 Å². The average Bonchev–Trinajstić information content (AvgIpc) is 2.36. The molecule has 0 radical (unpaired) electrons. The smallest absolute Gasteiger partial charge is 0.124 e. The van der Waals surface area contributed by atoms with E-state index in [-0.39, 0.29) is 18.4 Å². The van der Waals surface area contributed by atoms with Gasteiger partial charge in [-0.25, -0.2) is 0 Å². The molecule has 1 atom stereocenters. The van der Waals surface area contributed by atoms with Gasteiger partial charge in [-0.3, -0.25) is 4.90 Å². The first-order valence-corrected chi connectivity index (χ1v) is 6.14. The van der Waals surface area contributed by atoms with Crippen LogP contribution in [0.4, 0.5) is 0 Å². The number of halogens is 3. The lowest BCUT2D eigenvalue weighted by Crippen LogP contribution is -2.38. The Bertz CT molecular complexity index is 441. The van der Waals surface area contributed by atoms with Crippen LogP contribution in [-0.4, -0.2) is 31.2 Å². The van der Waals surface area contributed by atoms with Gasteiger partial charge in [0.25, 0.3) is 0 Å². The third kappa shape index (κ3) is 3.50. The molecule has 3 nitrogen and oxygen atoms in total. The van der Waals surface area contributed by atoms with Crippen molar-refractivity contribution in [2.45, 2.75) is 6.04 Å². The van der Waals surface area contributed by atoms with Gasteiger partial charge in [0, 0.05) is 13.1 Å². The van der Waals surface area contributed by atoms with Crippen LogP contribution in [0.3, 0.4) is 0 Å². The normalized spacial score (nSPS) is 17.6. The van der Waals surface area contributed by atoms with E-state index >= 15 is 0 Å². The molecule has 1 unspecified atom stereocenters. The first-order chi connectivity index (χ1) is 8.22. The molecule has 1 saturated heterocycles. The van der Waals surface area contributed by atoms with Crippen LogP contribution in [0.5, 0.6) is 0 Å². The Morgan fingerprint density at radius 3 is 2.44 bits per heavy atom. The van der Waals surface area contributed by atoms with Crippen LogP contribution in [0.1, 0.15) is 11.6 Å². The molecule has 2 rings (SSSR count). The van der Waals surface area contributed by atoms with E-state index < -0.39 is 0 Å². The minimum atomic E-state index is -0.284. The number of rotatable bonds is 2. The van der Waals surface area contributed by atoms with Crippen molar-refractivity contribution in [1.82, 2.24) is 4.90 Å². The topological polar surface area (TPSA) is 36.3 Å². The fourth-order valence-electron chi connectivity index (χ4n) is 1.89. The number of ether oxygens (including phenoxy) is 1. The van der Waals surface area contributed by atoms with Crippen LogP contribution in [0.2, 0.25) is 10.0 Å². The van der Waals surface area contributed by atoms with E-state index in [1.54, 1.807) is 12.1 Å². The predicted octanol–water partition coefficient (Wildman–Crippen LogP) is 3.31. The van der Waals surface area contributed by atoms with Crippen molar-refractivity contribution in [1.29, 1.82) is 5.26 Å². The van der Waals surface area contributed by atoms with E-state index in [0.29, 0.717) is 23.3 Å². The van der Waals surface area contributed by atoms with Gasteiger partial charge in [0.05, 0.1) is 29.3 Å². The van der Waals surface area contributed by atoms with Crippen LogP contribution in [-0.2, 0) is 4.74 Å². The van der Waals surface area contributed by atoms with E-state index in [9.17, 15) is 5.26 Å². The van der Waals surface area contributed by atoms with Crippen LogP contribution in [0, 0.1) is 11.3 Å². The summed E-state index contributed by atoms with van der Waals surface area (Å²) in [4.78, 5) is 2.09. The van der Waals surface area contributed by atoms with Crippen molar-refractivity contribution < 1.29 is 4.74 Å². The van der Waals surface area contributed by atoms with Gasteiger partial charge in [-0.2, -0.15) is 5.26 Å². The molecule has 0 bridgehead atoms. The number of nitriles is 1. The largest absolute Gasteiger partial charge is 0.379 e. The second-order valence-corrected chi connectivity index (χ2v) is 4.67. The zero-order chi connectivity index (χ0) is 12.3. The van der Waals surface area contributed by atoms with Crippen molar-refractivity contribution in [3.05, 3.63) is 33.8 Å². The third-order valence-electron chi connectivity index (χ3n) is 2.79. The van der Waals surface area contributed by atoms with E-state index in [4.69, 9.17) is 27.9 Å². The van der Waals surface area contributed by atoms with Crippen LogP contribution >= 0.6 is 35.6 Å². The molecule has 0 saturated carbocycles. The average molecular weight is 308 g/mol. The number of benzene rings is 1. The molecule has 18 heavy (non-hydrogen) atoms. The monoisotopic (exact) mass is 306 g/mol. The highest BCUT2D eigenvalue weighted by atomic mass is 35.5. The summed E-state index contributed by atoms with van der Waals surface area (Å²) >= 11 is 11.8. The van der Waals surface area contributed by atoms with Gasteiger partial charge in [0.2, 0.25) is 0 Å². The van der Waals surface area contributed by atoms with Gasteiger partial charge >= 0.3 is 0 Å². The highest BCUT2D eigenvalue weighted by Crippen LogP contribution is 2.28. The van der Waals surface area contributed by atoms with E-state index in [2.05, 4.69) is 11.0 Å². The zero-order valence-corrected chi connectivity index (χ0v) is 11.9. The fourth-order valence-corrected chi connectivity index (χ4v) is 2.19. The highest BCUT2D eigenvalue weighted by molar-refractivity contribution is 6.42. The minimum Gasteiger partial charge on any atom is -0.379 e. The summed E-state index contributed by atoms with van der Waals surface area (Å²) in [7, 11) is 0. The van der Waals surface area contributed by atoms with E-state index in [1.807, 2.05) is 6.07 Å². The molecular weight excluding hydrogens is 295 g/mol. The van der Waals surface area contributed by atoms with Gasteiger partial charge in [-0.1, -0.05) is 29.3 Å². The van der Waals surface area contributed by atoms with Crippen LogP contribution < -0.4 is 0 Å². The minimum absolute atomic E-state index is 0. The lowest BCUT2D eigenvalue weighted by Gasteiger charge is -2.30. The Morgan fingerprint density at radius 2 is 1.89 bits per heavy atom. The summed E-state index contributed by atoms with van der Waals surface area (Å²) in [5, 5.41) is 10.3. The highest BCUT2D eigenvalue weighted by Gasteiger charge is 2.22. The van der Waals surface area contributed by atoms with Gasteiger partial charge in [-0.15, -0.1) is 12.4 Å². The number of nitrogens with zero attached hydrogens (tertiary/aromatic N) is 2. The van der Waals surface area contributed by atoms with Crippen molar-refractivity contribution in [2.75, 3.05) is 26.3 Å². The van der Waals surface area contributed by atoms with Gasteiger partial charge < -0.3 is 4.74 Å². The van der Waals surface area contributed by atoms with E-state index in [1.165, 1.54) is 0 Å². The van der Waals surface area contributed by atoms with Gasteiger partial charge in [0.15, 0.2) is 0 Å². The molecule has 0 aromatic heterocycles. The summed E-state index contributed by atoms with van der Waals surface area (Å²) in [6, 6.07) is 7.35. The summed E-state index contributed by atoms with van der Waals surface area (Å²) in [6.07, 6.45) is 0. The van der Waals surface area contributed by atoms with Crippen molar-refractivity contribution >= 4 is 35.6 Å². The van der Waals surface area contributed by atoms with Crippen LogP contribution in [0.15, 0.2) is 18.2 Å². The Morgan fingerprint density at radius 1 is 1.22 bits per heavy atom. The quantitative estimate of drug-likeness (QED) is 0.841. The second-order valence-electron chi connectivity index (χ2n) is 3.85. The molecular formula is C12H13Cl3N2O. The molecule has 6 heteroatoms. The first kappa shape index (κ1) is 15.6. The standard InChI is InChI=1S/C12H12Cl2N2O.ClH/c13-10-2-1-9(7-11(10)14)12(8-15)16-3-5-17-6-4-16;/h1-2,7,12H,3-6H2;1H. The van der Waals surface area contributed by atoms with Crippen molar-refractivity contribution in [2.24, 2.45) is 0 Å². The summed E-state index contributed by atoms with van der Waals surface area (Å²) in [5.74, 6) is 0. The summed E-state index contributed by atoms with van der Waals surface area (Å²) in [5.41, 5.74) is 0.879. The second kappa shape index (κ2) is 7.18. The SMILES string of the molecule is Cl.N#CC(c1ccc(Cl)c(Cl)c1)N1CCOCC1. The molecule has 1 fully saturated rings. The molecule has 0 N–H and O–H groups in total. The number of hydrogen-bond donors (Lipinski definition) is 0. The molecule has 0 amide bonds. The molecule has 1 aliphatic heterocycles. The zero-order valence-electron chi connectivity index (χ0n) is 9.60. The Hall–Kier alpha value is -0.500. The Kier molecular flexibility index (Phi) is 6.20. The Balaban J connectivity index is 0.00000162. The molecule has 1 aliphatic rings. The maximum atomic E-state index is 9.28. The summed E-state index contributed by atoms with van der Waals surface area (Å²) in [6.45, 7) is 2.86.